The minimum Gasteiger partial charge on any atom is -0.354 e. The summed E-state index contributed by atoms with van der Waals surface area (Å²) in [5.41, 5.74) is 2.99. The first-order valence-electron chi connectivity index (χ1n) is 13.9. The highest BCUT2D eigenvalue weighted by atomic mass is 35.5. The summed E-state index contributed by atoms with van der Waals surface area (Å²) in [6.45, 7) is 6.61. The average Bonchev–Trinajstić information content (AvgIpc) is 2.94. The normalized spacial score (nSPS) is 12.2. The topological polar surface area (TPSA) is 86.8 Å². The third-order valence-corrected chi connectivity index (χ3v) is 8.48. The van der Waals surface area contributed by atoms with Gasteiger partial charge in [-0.25, -0.2) is 8.42 Å². The van der Waals surface area contributed by atoms with Crippen LogP contribution in [0.1, 0.15) is 43.4 Å². The summed E-state index contributed by atoms with van der Waals surface area (Å²) in [6.07, 6.45) is 1.76. The van der Waals surface area contributed by atoms with Gasteiger partial charge < -0.3 is 10.2 Å². The number of halogens is 2. The molecule has 3 aromatic carbocycles. The van der Waals surface area contributed by atoms with Crippen LogP contribution in [-0.4, -0.2) is 50.5 Å². The largest absolute Gasteiger partial charge is 0.354 e. The summed E-state index contributed by atoms with van der Waals surface area (Å²) in [5, 5.41) is 4.00. The fraction of sp³-hybridized carbons (Fsp3) is 0.375. The van der Waals surface area contributed by atoms with Crippen molar-refractivity contribution in [2.45, 2.75) is 52.6 Å². The number of aryl methyl sites for hydroxylation is 1. The summed E-state index contributed by atoms with van der Waals surface area (Å²) in [6, 6.07) is 21.1. The van der Waals surface area contributed by atoms with E-state index >= 15 is 0 Å². The maximum Gasteiger partial charge on any atom is 0.243 e. The monoisotopic (exact) mass is 631 g/mol. The van der Waals surface area contributed by atoms with E-state index in [0.717, 1.165) is 22.9 Å². The molecule has 0 fully saturated rings. The van der Waals surface area contributed by atoms with E-state index in [1.807, 2.05) is 63.2 Å². The summed E-state index contributed by atoms with van der Waals surface area (Å²) >= 11 is 12.3. The SMILES string of the molecule is Cc1ccc(Cl)cc1N(CCCC(=O)N(Cc1ccc(Cl)cc1)[C@@H](Cc1ccccc1)C(=O)NCC(C)C)S(C)(=O)=O. The van der Waals surface area contributed by atoms with E-state index < -0.39 is 16.1 Å². The van der Waals surface area contributed by atoms with Crippen molar-refractivity contribution in [3.05, 3.63) is 99.5 Å². The minimum absolute atomic E-state index is 0.0436. The van der Waals surface area contributed by atoms with Gasteiger partial charge in [0.1, 0.15) is 6.04 Å². The molecule has 0 spiro atoms. The van der Waals surface area contributed by atoms with Crippen LogP contribution in [0.25, 0.3) is 0 Å². The van der Waals surface area contributed by atoms with Crippen LogP contribution in [0, 0.1) is 12.8 Å². The number of anilines is 1. The van der Waals surface area contributed by atoms with Gasteiger partial charge in [0, 0.05) is 42.5 Å². The van der Waals surface area contributed by atoms with Crippen molar-refractivity contribution in [2.75, 3.05) is 23.7 Å². The molecule has 3 aromatic rings. The van der Waals surface area contributed by atoms with Gasteiger partial charge in [0.15, 0.2) is 0 Å². The molecule has 42 heavy (non-hydrogen) atoms. The van der Waals surface area contributed by atoms with E-state index in [1.54, 1.807) is 35.2 Å². The van der Waals surface area contributed by atoms with Crippen LogP contribution in [0.3, 0.4) is 0 Å². The fourth-order valence-electron chi connectivity index (χ4n) is 4.60. The Morgan fingerprint density at radius 1 is 0.905 bits per heavy atom. The molecule has 226 valence electrons. The van der Waals surface area contributed by atoms with Crippen molar-refractivity contribution in [3.63, 3.8) is 0 Å². The zero-order chi connectivity index (χ0) is 30.9. The summed E-state index contributed by atoms with van der Waals surface area (Å²) in [7, 11) is -3.64. The van der Waals surface area contributed by atoms with Crippen LogP contribution in [-0.2, 0) is 32.6 Å². The molecule has 1 atom stereocenters. The van der Waals surface area contributed by atoms with E-state index in [-0.39, 0.29) is 43.7 Å². The Morgan fingerprint density at radius 2 is 1.55 bits per heavy atom. The number of sulfonamides is 1. The predicted molar refractivity (Wildman–Crippen MR) is 171 cm³/mol. The van der Waals surface area contributed by atoms with Gasteiger partial charge in [-0.05, 0) is 60.2 Å². The lowest BCUT2D eigenvalue weighted by molar-refractivity contribution is -0.141. The minimum atomic E-state index is -3.64. The molecule has 0 unspecified atom stereocenters. The number of amides is 2. The van der Waals surface area contributed by atoms with Gasteiger partial charge in [0.2, 0.25) is 21.8 Å². The van der Waals surface area contributed by atoms with Gasteiger partial charge >= 0.3 is 0 Å². The summed E-state index contributed by atoms with van der Waals surface area (Å²) in [5.74, 6) is -0.243. The molecule has 0 aliphatic rings. The van der Waals surface area contributed by atoms with Gasteiger partial charge in [-0.3, -0.25) is 13.9 Å². The number of rotatable bonds is 14. The number of benzene rings is 3. The first kappa shape index (κ1) is 33.4. The second kappa shape index (κ2) is 15.4. The molecule has 0 radical (unpaired) electrons. The molecule has 3 rings (SSSR count). The van der Waals surface area contributed by atoms with E-state index in [9.17, 15) is 18.0 Å². The third kappa shape index (κ3) is 10.0. The lowest BCUT2D eigenvalue weighted by atomic mass is 10.0. The van der Waals surface area contributed by atoms with Crippen LogP contribution in [0.15, 0.2) is 72.8 Å². The van der Waals surface area contributed by atoms with Crippen molar-refractivity contribution in [1.82, 2.24) is 10.2 Å². The maximum absolute atomic E-state index is 13.9. The number of hydrogen-bond acceptors (Lipinski definition) is 4. The Labute approximate surface area is 259 Å². The van der Waals surface area contributed by atoms with E-state index in [0.29, 0.717) is 28.7 Å². The van der Waals surface area contributed by atoms with Gasteiger partial charge in [-0.2, -0.15) is 0 Å². The zero-order valence-electron chi connectivity index (χ0n) is 24.5. The molecule has 2 amide bonds. The van der Waals surface area contributed by atoms with Crippen molar-refractivity contribution in [3.8, 4) is 0 Å². The van der Waals surface area contributed by atoms with Crippen LogP contribution >= 0.6 is 23.2 Å². The number of nitrogens with one attached hydrogen (secondary N) is 1. The summed E-state index contributed by atoms with van der Waals surface area (Å²) < 4.78 is 26.7. The second-order valence-electron chi connectivity index (χ2n) is 10.9. The number of hydrogen-bond donors (Lipinski definition) is 1. The molecule has 0 aliphatic heterocycles. The lowest BCUT2D eigenvalue weighted by Gasteiger charge is -2.32. The van der Waals surface area contributed by atoms with E-state index in [1.165, 1.54) is 4.31 Å². The van der Waals surface area contributed by atoms with Gasteiger partial charge in [-0.1, -0.05) is 85.6 Å². The van der Waals surface area contributed by atoms with Crippen molar-refractivity contribution >= 4 is 50.7 Å². The molecule has 10 heteroatoms. The molecule has 0 aliphatic carbocycles. The van der Waals surface area contributed by atoms with Crippen LogP contribution in [0.4, 0.5) is 5.69 Å². The average molecular weight is 633 g/mol. The Bertz CT molecular complexity index is 1450. The van der Waals surface area contributed by atoms with Gasteiger partial charge in [0.05, 0.1) is 11.9 Å². The first-order valence-corrected chi connectivity index (χ1v) is 16.5. The number of nitrogens with zero attached hydrogens (tertiary/aromatic N) is 2. The lowest BCUT2D eigenvalue weighted by Crippen LogP contribution is -2.51. The Morgan fingerprint density at radius 3 is 2.17 bits per heavy atom. The molecule has 0 aromatic heterocycles. The molecule has 0 bridgehead atoms. The van der Waals surface area contributed by atoms with Gasteiger partial charge in [0.25, 0.3) is 0 Å². The third-order valence-electron chi connectivity index (χ3n) is 6.81. The quantitative estimate of drug-likeness (QED) is 0.227. The van der Waals surface area contributed by atoms with Crippen LogP contribution < -0.4 is 9.62 Å². The highest BCUT2D eigenvalue weighted by molar-refractivity contribution is 7.92. The number of carbonyl (C=O) groups is 2. The fourth-order valence-corrected chi connectivity index (χ4v) is 5.90. The Balaban J connectivity index is 1.89. The van der Waals surface area contributed by atoms with E-state index in [2.05, 4.69) is 5.32 Å². The van der Waals surface area contributed by atoms with Gasteiger partial charge in [-0.15, -0.1) is 0 Å². The molecule has 0 saturated carbocycles. The molecule has 0 saturated heterocycles. The first-order chi connectivity index (χ1) is 19.8. The summed E-state index contributed by atoms with van der Waals surface area (Å²) in [4.78, 5) is 29.1. The second-order valence-corrected chi connectivity index (χ2v) is 13.6. The van der Waals surface area contributed by atoms with Crippen LogP contribution in [0.5, 0.6) is 0 Å². The molecule has 0 heterocycles. The van der Waals surface area contributed by atoms with Crippen molar-refractivity contribution in [1.29, 1.82) is 0 Å². The molecule has 1 N–H and O–H groups in total. The molecular formula is C32H39Cl2N3O4S. The smallest absolute Gasteiger partial charge is 0.243 e. The Kier molecular flexibility index (Phi) is 12.3. The Hall–Kier alpha value is -3.07. The molecular weight excluding hydrogens is 593 g/mol. The van der Waals surface area contributed by atoms with E-state index in [4.69, 9.17) is 23.2 Å². The predicted octanol–water partition coefficient (Wildman–Crippen LogP) is 6.26. The highest BCUT2D eigenvalue weighted by Gasteiger charge is 2.30. The number of carbonyl (C=O) groups excluding carboxylic acids is 2. The maximum atomic E-state index is 13.9. The highest BCUT2D eigenvalue weighted by Crippen LogP contribution is 2.27. The standard InChI is InChI=1S/C32H39Cl2N3O4S/c1-23(2)21-35-32(39)30(19-25-9-6-5-7-10-25)36(22-26-13-16-27(33)17-14-26)31(38)11-8-18-37(42(4,40)41)29-20-28(34)15-12-24(29)3/h5-7,9-10,12-17,20,23,30H,8,11,18-19,21-22H2,1-4H3,(H,35,39)/t30-/m0/s1. The van der Waals surface area contributed by atoms with Crippen molar-refractivity contribution < 1.29 is 18.0 Å². The zero-order valence-corrected chi connectivity index (χ0v) is 26.8. The molecule has 7 nitrogen and oxygen atoms in total. The van der Waals surface area contributed by atoms with Crippen molar-refractivity contribution in [2.24, 2.45) is 5.92 Å². The van der Waals surface area contributed by atoms with Crippen LogP contribution in [0.2, 0.25) is 10.0 Å².